The number of hydrogen-bond donors (Lipinski definition) is 6. The minimum Gasteiger partial charge on any atom is -0.508 e. The van der Waals surface area contributed by atoms with Crippen LogP contribution in [0.3, 0.4) is 0 Å². The molecule has 0 aromatic heterocycles. The molecule has 4 rings (SSSR count). The Kier molecular flexibility index (Phi) is 6.53. The summed E-state index contributed by atoms with van der Waals surface area (Å²) in [5.41, 5.74) is 2.53. The summed E-state index contributed by atoms with van der Waals surface area (Å²) >= 11 is 0. The predicted molar refractivity (Wildman–Crippen MR) is 137 cm³/mol. The minimum absolute atomic E-state index is 0.00624. The quantitative estimate of drug-likeness (QED) is 0.230. The van der Waals surface area contributed by atoms with Crippen LogP contribution >= 0.6 is 0 Å². The van der Waals surface area contributed by atoms with Gasteiger partial charge in [-0.3, -0.25) is 24.1 Å². The van der Waals surface area contributed by atoms with Crippen LogP contribution in [0.15, 0.2) is 23.0 Å². The molecule has 3 aliphatic rings. The molecule has 1 saturated carbocycles. The Morgan fingerprint density at radius 2 is 1.79 bits per heavy atom. The van der Waals surface area contributed by atoms with Gasteiger partial charge in [0.2, 0.25) is 11.7 Å². The fraction of sp³-hybridized carbons (Fsp3) is 0.462. The largest absolute Gasteiger partial charge is 0.508 e. The van der Waals surface area contributed by atoms with E-state index in [0.29, 0.717) is 11.3 Å². The Bertz CT molecular complexity index is 1340. The maximum atomic E-state index is 13.9. The molecule has 1 fully saturated rings. The average Bonchev–Trinajstić information content (AvgIpc) is 2.82. The minimum atomic E-state index is -2.71. The Morgan fingerprint density at radius 3 is 2.32 bits per heavy atom. The third-order valence-corrected chi connectivity index (χ3v) is 7.77. The lowest BCUT2D eigenvalue weighted by atomic mass is 9.57. The van der Waals surface area contributed by atoms with E-state index in [4.69, 9.17) is 5.73 Å². The molecule has 12 heteroatoms. The summed E-state index contributed by atoms with van der Waals surface area (Å²) in [6.07, 6.45) is 0.279. The first kappa shape index (κ1) is 27.1. The molecule has 2 amide bonds. The lowest BCUT2D eigenvalue weighted by Crippen LogP contribution is -2.65. The number of nitrogens with zero attached hydrogens (tertiary/aromatic N) is 2. The van der Waals surface area contributed by atoms with Crippen molar-refractivity contribution in [1.29, 1.82) is 0 Å². The summed E-state index contributed by atoms with van der Waals surface area (Å²) < 4.78 is 0. The number of rotatable bonds is 5. The standard InChI is InChI=1S/C26H32N4O8/c1-6-15(31)28-13-9-14(29(2)3)11-7-10-8-12-19(30(4)5)22(34)18(25(27)37)24(36)26(12,38)23(35)16(10)21(33)17(11)20(13)32/h9-10,12,19,32-33,36,38H,6-8H2,1-5H3,(H2,27,37)(H,28,31)/t10-,12-,19-,26-/m0/s1. The molecule has 1 aromatic carbocycles. The number of primary amides is 1. The van der Waals surface area contributed by atoms with Crippen molar-refractivity contribution in [1.82, 2.24) is 4.90 Å². The van der Waals surface area contributed by atoms with Gasteiger partial charge in [-0.05, 0) is 44.5 Å². The lowest BCUT2D eigenvalue weighted by molar-refractivity contribution is -0.153. The highest BCUT2D eigenvalue weighted by Crippen LogP contribution is 2.54. The number of phenols is 1. The molecule has 0 spiro atoms. The van der Waals surface area contributed by atoms with Crippen molar-refractivity contribution >= 4 is 40.5 Å². The van der Waals surface area contributed by atoms with Crippen molar-refractivity contribution in [2.24, 2.45) is 17.6 Å². The number of aromatic hydroxyl groups is 1. The van der Waals surface area contributed by atoms with E-state index in [9.17, 15) is 39.6 Å². The van der Waals surface area contributed by atoms with Crippen LogP contribution in [0, 0.1) is 11.8 Å². The van der Waals surface area contributed by atoms with E-state index in [1.165, 1.54) is 4.90 Å². The normalized spacial score (nSPS) is 26.7. The molecule has 0 unspecified atom stereocenters. The Hall–Kier alpha value is -3.90. The Labute approximate surface area is 219 Å². The average molecular weight is 529 g/mol. The van der Waals surface area contributed by atoms with Gasteiger partial charge >= 0.3 is 0 Å². The van der Waals surface area contributed by atoms with E-state index in [-0.39, 0.29) is 42.0 Å². The van der Waals surface area contributed by atoms with Crippen LogP contribution in [-0.2, 0) is 25.6 Å². The second kappa shape index (κ2) is 9.14. The van der Waals surface area contributed by atoms with Crippen molar-refractivity contribution in [2.75, 3.05) is 38.4 Å². The van der Waals surface area contributed by atoms with E-state index >= 15 is 0 Å². The fourth-order valence-electron chi connectivity index (χ4n) is 6.02. The zero-order valence-electron chi connectivity index (χ0n) is 21.8. The zero-order chi connectivity index (χ0) is 28.4. The molecule has 0 saturated heterocycles. The smallest absolute Gasteiger partial charge is 0.255 e. The van der Waals surface area contributed by atoms with Crippen LogP contribution in [0.2, 0.25) is 0 Å². The van der Waals surface area contributed by atoms with Crippen LogP contribution in [0.5, 0.6) is 5.75 Å². The van der Waals surface area contributed by atoms with Gasteiger partial charge in [-0.1, -0.05) is 6.92 Å². The number of likely N-dealkylation sites (N-methyl/N-ethyl adjacent to an activating group) is 1. The molecule has 12 nitrogen and oxygen atoms in total. The number of anilines is 2. The molecule has 0 aliphatic heterocycles. The van der Waals surface area contributed by atoms with Crippen molar-refractivity contribution in [3.63, 3.8) is 0 Å². The number of aliphatic hydroxyl groups is 3. The van der Waals surface area contributed by atoms with E-state index in [1.807, 2.05) is 0 Å². The highest BCUT2D eigenvalue weighted by Gasteiger charge is 2.64. The van der Waals surface area contributed by atoms with Gasteiger partial charge in [0.25, 0.3) is 5.91 Å². The van der Waals surface area contributed by atoms with Gasteiger partial charge in [-0.25, -0.2) is 0 Å². The van der Waals surface area contributed by atoms with Gasteiger partial charge in [-0.15, -0.1) is 0 Å². The summed E-state index contributed by atoms with van der Waals surface area (Å²) in [7, 11) is 6.58. The summed E-state index contributed by atoms with van der Waals surface area (Å²) in [5.74, 6) is -7.63. The van der Waals surface area contributed by atoms with Crippen LogP contribution in [-0.4, -0.2) is 88.5 Å². The number of benzene rings is 1. The number of carbonyl (C=O) groups is 4. The van der Waals surface area contributed by atoms with Crippen LogP contribution < -0.4 is 16.0 Å². The number of phenolic OH excluding ortho intramolecular Hbond substituents is 1. The molecule has 0 heterocycles. The fourth-order valence-corrected chi connectivity index (χ4v) is 6.02. The number of Topliss-reactive ketones (excluding diaryl/α,β-unsaturated/α-hetero) is 2. The van der Waals surface area contributed by atoms with Gasteiger partial charge in [0.05, 0.1) is 17.3 Å². The number of amides is 2. The number of nitrogens with two attached hydrogens (primary N) is 1. The number of ketones is 2. The van der Waals surface area contributed by atoms with E-state index in [0.717, 1.165) is 0 Å². The molecule has 0 bridgehead atoms. The van der Waals surface area contributed by atoms with Crippen molar-refractivity contribution in [2.45, 2.75) is 37.8 Å². The van der Waals surface area contributed by atoms with Gasteiger partial charge < -0.3 is 36.4 Å². The first-order valence-corrected chi connectivity index (χ1v) is 12.2. The van der Waals surface area contributed by atoms with Gasteiger partial charge in [0.1, 0.15) is 22.8 Å². The zero-order valence-corrected chi connectivity index (χ0v) is 21.8. The predicted octanol–water partition coefficient (Wildman–Crippen LogP) is 0.379. The number of carbonyl (C=O) groups excluding carboxylic acids is 4. The second-order valence-corrected chi connectivity index (χ2v) is 10.4. The Balaban J connectivity index is 1.99. The first-order valence-electron chi connectivity index (χ1n) is 12.2. The number of hydrogen-bond acceptors (Lipinski definition) is 10. The van der Waals surface area contributed by atoms with Crippen molar-refractivity contribution in [3.05, 3.63) is 34.1 Å². The monoisotopic (exact) mass is 528 g/mol. The number of nitrogens with one attached hydrogen (secondary N) is 1. The molecule has 1 aromatic rings. The third-order valence-electron chi connectivity index (χ3n) is 7.77. The van der Waals surface area contributed by atoms with E-state index in [1.54, 1.807) is 46.1 Å². The first-order chi connectivity index (χ1) is 17.7. The van der Waals surface area contributed by atoms with E-state index in [2.05, 4.69) is 5.32 Å². The number of aliphatic hydroxyl groups excluding tert-OH is 2. The maximum Gasteiger partial charge on any atom is 0.255 e. The maximum absolute atomic E-state index is 13.9. The summed E-state index contributed by atoms with van der Waals surface area (Å²) in [5, 5.41) is 47.7. The topological polar surface area (TPSA) is 194 Å². The van der Waals surface area contributed by atoms with Gasteiger partial charge in [-0.2, -0.15) is 0 Å². The van der Waals surface area contributed by atoms with Crippen molar-refractivity contribution < 1.29 is 39.6 Å². The molecule has 4 atom stereocenters. The molecule has 0 radical (unpaired) electrons. The van der Waals surface area contributed by atoms with Crippen molar-refractivity contribution in [3.8, 4) is 5.75 Å². The molecule has 38 heavy (non-hydrogen) atoms. The highest BCUT2D eigenvalue weighted by molar-refractivity contribution is 6.24. The van der Waals surface area contributed by atoms with Crippen LogP contribution in [0.25, 0.3) is 5.76 Å². The van der Waals surface area contributed by atoms with Gasteiger partial charge in [0, 0.05) is 37.7 Å². The van der Waals surface area contributed by atoms with Crippen LogP contribution in [0.1, 0.15) is 30.9 Å². The second-order valence-electron chi connectivity index (χ2n) is 10.4. The molecule has 7 N–H and O–H groups in total. The Morgan fingerprint density at radius 1 is 1.16 bits per heavy atom. The SMILES string of the molecule is CCC(=O)Nc1cc(N(C)C)c2c(c1O)C(O)=C1C(=O)[C@]3(O)C(O)=C(C(N)=O)C(=O)[C@@H](N(C)C)[C@@H]3C[C@@H]1C2. The number of fused-ring (bicyclic) bond motifs is 3. The summed E-state index contributed by atoms with van der Waals surface area (Å²) in [4.78, 5) is 54.4. The van der Waals surface area contributed by atoms with Crippen LogP contribution in [0.4, 0.5) is 11.4 Å². The lowest BCUT2D eigenvalue weighted by Gasteiger charge is -2.50. The molecular weight excluding hydrogens is 496 g/mol. The molecule has 3 aliphatic carbocycles. The van der Waals surface area contributed by atoms with Gasteiger partial charge in [0.15, 0.2) is 11.4 Å². The highest BCUT2D eigenvalue weighted by atomic mass is 16.3. The van der Waals surface area contributed by atoms with E-state index < -0.39 is 63.8 Å². The summed E-state index contributed by atoms with van der Waals surface area (Å²) in [6, 6.07) is 0.419. The molecular formula is C26H32N4O8. The third kappa shape index (κ3) is 3.66. The molecule has 204 valence electrons. The summed E-state index contributed by atoms with van der Waals surface area (Å²) in [6.45, 7) is 1.63.